The molecule has 1 aliphatic heterocycles. The molecule has 1 aromatic rings. The Morgan fingerprint density at radius 3 is 2.71 bits per heavy atom. The van der Waals surface area contributed by atoms with E-state index in [1.165, 1.54) is 7.11 Å². The Bertz CT molecular complexity index is 733. The summed E-state index contributed by atoms with van der Waals surface area (Å²) in [5, 5.41) is 6.50. The molecule has 0 spiro atoms. The summed E-state index contributed by atoms with van der Waals surface area (Å²) in [5.74, 6) is 1.41. The molecule has 0 aliphatic carbocycles. The fraction of sp³-hybridized carbons (Fsp3) is 0.500. The fourth-order valence-corrected chi connectivity index (χ4v) is 2.56. The summed E-state index contributed by atoms with van der Waals surface area (Å²) < 4.78 is 37.4. The molecular weight excluding hydrogens is 336 g/mol. The third-order valence-electron chi connectivity index (χ3n) is 3.24. The molecule has 0 saturated heterocycles. The summed E-state index contributed by atoms with van der Waals surface area (Å²) in [6, 6.07) is 3.50. The van der Waals surface area contributed by atoms with Crippen molar-refractivity contribution < 1.29 is 22.1 Å². The van der Waals surface area contributed by atoms with Crippen molar-refractivity contribution in [2.75, 3.05) is 38.6 Å². The summed E-state index contributed by atoms with van der Waals surface area (Å²) >= 11 is 0. The number of ether oxygens (including phenoxy) is 2. The van der Waals surface area contributed by atoms with E-state index in [1.807, 2.05) is 0 Å². The first-order valence-electron chi connectivity index (χ1n) is 7.30. The van der Waals surface area contributed by atoms with Crippen molar-refractivity contribution in [3.05, 3.63) is 17.7 Å². The number of rotatable bonds is 8. The van der Waals surface area contributed by atoms with E-state index in [1.54, 1.807) is 12.1 Å². The number of unbranched alkanes of at least 4 members (excludes halogenated alkanes) is 1. The average Bonchev–Trinajstić information content (AvgIpc) is 2.55. The molecule has 0 aromatic heterocycles. The van der Waals surface area contributed by atoms with Gasteiger partial charge in [-0.15, -0.1) is 5.11 Å². The maximum atomic E-state index is 10.8. The van der Waals surface area contributed by atoms with E-state index in [-0.39, 0.29) is 6.61 Å². The maximum absolute atomic E-state index is 10.8. The van der Waals surface area contributed by atoms with Gasteiger partial charge in [0.15, 0.2) is 17.3 Å². The van der Waals surface area contributed by atoms with Crippen LogP contribution in [0.5, 0.6) is 11.5 Å². The van der Waals surface area contributed by atoms with Crippen molar-refractivity contribution in [2.24, 2.45) is 10.1 Å². The number of benzene rings is 1. The third kappa shape index (κ3) is 4.90. The zero-order valence-corrected chi connectivity index (χ0v) is 14.4. The Morgan fingerprint density at radius 2 is 2.04 bits per heavy atom. The molecule has 0 amide bonds. The monoisotopic (exact) mass is 356 g/mol. The van der Waals surface area contributed by atoms with Crippen molar-refractivity contribution >= 4 is 21.6 Å². The Hall–Kier alpha value is -2.20. The summed E-state index contributed by atoms with van der Waals surface area (Å²) in [5.41, 5.74) is 8.62. The topological polar surface area (TPSA) is 122 Å². The molecule has 132 valence electrons. The molecule has 0 bridgehead atoms. The van der Waals surface area contributed by atoms with Crippen LogP contribution in [0.15, 0.2) is 22.2 Å². The first-order chi connectivity index (χ1) is 11.4. The smallest absolute Gasteiger partial charge is 0.264 e. The third-order valence-corrected chi connectivity index (χ3v) is 3.84. The first kappa shape index (κ1) is 18.1. The normalized spacial score (nSPS) is 13.5. The summed E-state index contributed by atoms with van der Waals surface area (Å²) in [7, 11) is -1.87. The lowest BCUT2D eigenvalue weighted by molar-refractivity contribution is 0.261. The van der Waals surface area contributed by atoms with Crippen LogP contribution in [0.3, 0.4) is 0 Å². The van der Waals surface area contributed by atoms with Gasteiger partial charge in [-0.1, -0.05) is 0 Å². The van der Waals surface area contributed by atoms with Gasteiger partial charge in [-0.25, -0.2) is 10.5 Å². The standard InChI is InChI=1S/C14H20N4O5S/c1-21-12-7-10-11(16-9-17-14(10)18-15)8-13(12)22-5-3-4-6-23-24(2,19)20/h7-8,15-16H,3-6,9H2,1-2H3. The molecule has 0 atom stereocenters. The van der Waals surface area contributed by atoms with Crippen molar-refractivity contribution in [1.82, 2.24) is 0 Å². The van der Waals surface area contributed by atoms with Gasteiger partial charge in [0.25, 0.3) is 10.1 Å². The van der Waals surface area contributed by atoms with Crippen LogP contribution >= 0.6 is 0 Å². The lowest BCUT2D eigenvalue weighted by Gasteiger charge is -2.19. The van der Waals surface area contributed by atoms with Crippen LogP contribution in [0.1, 0.15) is 18.4 Å². The molecule has 1 aliphatic rings. The van der Waals surface area contributed by atoms with Crippen molar-refractivity contribution in [3.63, 3.8) is 0 Å². The van der Waals surface area contributed by atoms with E-state index >= 15 is 0 Å². The minimum Gasteiger partial charge on any atom is -0.493 e. The van der Waals surface area contributed by atoms with Crippen LogP contribution in [-0.2, 0) is 14.3 Å². The van der Waals surface area contributed by atoms with E-state index in [4.69, 9.17) is 15.0 Å². The van der Waals surface area contributed by atoms with Crippen LogP contribution in [0.2, 0.25) is 0 Å². The zero-order chi connectivity index (χ0) is 17.6. The highest BCUT2D eigenvalue weighted by atomic mass is 32.2. The number of aliphatic imine (C=N–C) groups is 1. The zero-order valence-electron chi connectivity index (χ0n) is 13.5. The van der Waals surface area contributed by atoms with Gasteiger partial charge >= 0.3 is 0 Å². The number of hydrogen-bond donors (Lipinski definition) is 2. The van der Waals surface area contributed by atoms with Crippen LogP contribution < -0.4 is 14.8 Å². The molecule has 2 N–H and O–H groups in total. The minimum atomic E-state index is -3.40. The maximum Gasteiger partial charge on any atom is 0.264 e. The van der Waals surface area contributed by atoms with E-state index < -0.39 is 10.1 Å². The number of nitrogens with zero attached hydrogens (tertiary/aromatic N) is 2. The largest absolute Gasteiger partial charge is 0.493 e. The highest BCUT2D eigenvalue weighted by molar-refractivity contribution is 7.85. The van der Waals surface area contributed by atoms with Gasteiger partial charge in [0, 0.05) is 11.6 Å². The summed E-state index contributed by atoms with van der Waals surface area (Å²) in [4.78, 5) is 4.10. The van der Waals surface area contributed by atoms with Gasteiger partial charge in [-0.05, 0) is 18.9 Å². The van der Waals surface area contributed by atoms with Crippen LogP contribution in [0.25, 0.3) is 0 Å². The predicted octanol–water partition coefficient (Wildman–Crippen LogP) is 1.99. The SMILES string of the molecule is COc1cc2c(cc1OCCCCOS(C)(=O)=O)NCN=C2N=N. The molecule has 24 heavy (non-hydrogen) atoms. The van der Waals surface area contributed by atoms with E-state index in [0.717, 1.165) is 11.9 Å². The van der Waals surface area contributed by atoms with Crippen molar-refractivity contribution in [3.8, 4) is 11.5 Å². The Labute approximate surface area is 140 Å². The first-order valence-corrected chi connectivity index (χ1v) is 9.11. The number of fused-ring (bicyclic) bond motifs is 1. The van der Waals surface area contributed by atoms with E-state index in [9.17, 15) is 8.42 Å². The average molecular weight is 356 g/mol. The van der Waals surface area contributed by atoms with Crippen LogP contribution in [-0.4, -0.2) is 47.5 Å². The molecule has 0 radical (unpaired) electrons. The lowest BCUT2D eigenvalue weighted by atomic mass is 10.1. The molecule has 0 unspecified atom stereocenters. The number of hydrogen-bond acceptors (Lipinski definition) is 9. The predicted molar refractivity (Wildman–Crippen MR) is 88.7 cm³/mol. The quantitative estimate of drug-likeness (QED) is 0.417. The van der Waals surface area contributed by atoms with E-state index in [2.05, 4.69) is 19.6 Å². The fourth-order valence-electron chi connectivity index (χ4n) is 2.14. The highest BCUT2D eigenvalue weighted by Gasteiger charge is 2.18. The minimum absolute atomic E-state index is 0.135. The molecule has 0 fully saturated rings. The molecule has 9 nitrogen and oxygen atoms in total. The van der Waals surface area contributed by atoms with Gasteiger partial charge in [-0.3, -0.25) is 4.18 Å². The Balaban J connectivity index is 1.96. The van der Waals surface area contributed by atoms with E-state index in [0.29, 0.717) is 49.0 Å². The number of anilines is 1. The molecule has 2 rings (SSSR count). The second-order valence-electron chi connectivity index (χ2n) is 5.06. The van der Waals surface area contributed by atoms with Crippen molar-refractivity contribution in [2.45, 2.75) is 12.8 Å². The molecule has 10 heteroatoms. The second kappa shape index (κ2) is 8.06. The molecule has 1 aromatic carbocycles. The van der Waals surface area contributed by atoms with Gasteiger partial charge in [0.1, 0.15) is 6.67 Å². The molecular formula is C14H20N4O5S. The number of amidine groups is 1. The molecule has 1 heterocycles. The second-order valence-corrected chi connectivity index (χ2v) is 6.70. The molecule has 0 saturated carbocycles. The summed E-state index contributed by atoms with van der Waals surface area (Å²) in [6.45, 7) is 0.876. The number of nitrogens with one attached hydrogen (secondary N) is 2. The Morgan fingerprint density at radius 1 is 1.29 bits per heavy atom. The van der Waals surface area contributed by atoms with Crippen LogP contribution in [0, 0.1) is 5.53 Å². The van der Waals surface area contributed by atoms with Gasteiger partial charge in [0.2, 0.25) is 0 Å². The van der Waals surface area contributed by atoms with Gasteiger partial charge in [-0.2, -0.15) is 8.42 Å². The Kier molecular flexibility index (Phi) is 6.10. The lowest BCUT2D eigenvalue weighted by Crippen LogP contribution is -2.14. The number of methoxy groups -OCH3 is 1. The summed E-state index contributed by atoms with van der Waals surface area (Å²) in [6.07, 6.45) is 2.22. The van der Waals surface area contributed by atoms with Crippen LogP contribution in [0.4, 0.5) is 5.69 Å². The van der Waals surface area contributed by atoms with Gasteiger partial charge < -0.3 is 14.8 Å². The van der Waals surface area contributed by atoms with Gasteiger partial charge in [0.05, 0.1) is 32.3 Å². The highest BCUT2D eigenvalue weighted by Crippen LogP contribution is 2.35. The van der Waals surface area contributed by atoms with Crippen molar-refractivity contribution in [1.29, 1.82) is 5.53 Å².